The molecule has 0 N–H and O–H groups in total. The second-order valence-electron chi connectivity index (χ2n) is 17.0. The molecule has 0 unspecified atom stereocenters. The summed E-state index contributed by atoms with van der Waals surface area (Å²) in [6.45, 7) is 13.8. The molecule has 0 saturated heterocycles. The zero-order chi connectivity index (χ0) is 36.6. The average Bonchev–Trinajstić information content (AvgIpc) is 3.76. The summed E-state index contributed by atoms with van der Waals surface area (Å²) >= 11 is 0. The van der Waals surface area contributed by atoms with Crippen LogP contribution >= 0.6 is 0 Å². The zero-order valence-electron chi connectivity index (χ0n) is 31.9. The van der Waals surface area contributed by atoms with Gasteiger partial charge in [-0.2, -0.15) is 0 Å². The molecule has 0 aliphatic heterocycles. The fraction of sp³-hybridized carbons (Fsp3) is 0.170. The van der Waals surface area contributed by atoms with Crippen LogP contribution in [0.2, 0.25) is 0 Å². The van der Waals surface area contributed by atoms with Crippen LogP contribution < -0.4 is 0 Å². The van der Waals surface area contributed by atoms with E-state index in [2.05, 4.69) is 185 Å². The molecule has 10 aromatic rings. The van der Waals surface area contributed by atoms with Crippen LogP contribution in [0.25, 0.3) is 93.0 Å². The van der Waals surface area contributed by atoms with Crippen molar-refractivity contribution in [1.82, 2.24) is 4.40 Å². The molecule has 2 aromatic heterocycles. The molecule has 0 fully saturated rings. The van der Waals surface area contributed by atoms with Crippen LogP contribution in [0.15, 0.2) is 140 Å². The van der Waals surface area contributed by atoms with E-state index < -0.39 is 0 Å². The Morgan fingerprint density at radius 1 is 0.407 bits per heavy atom. The van der Waals surface area contributed by atoms with Crippen LogP contribution in [0.1, 0.15) is 75.6 Å². The summed E-state index contributed by atoms with van der Waals surface area (Å²) in [4.78, 5) is 0. The molecular formula is C53H43N. The smallest absolute Gasteiger partial charge is 0.0620 e. The Hall–Kier alpha value is -5.92. The lowest BCUT2D eigenvalue weighted by atomic mass is 9.81. The Morgan fingerprint density at radius 3 is 1.50 bits per heavy atom. The lowest BCUT2D eigenvalue weighted by Crippen LogP contribution is -2.14. The van der Waals surface area contributed by atoms with Crippen molar-refractivity contribution in [3.8, 4) is 33.4 Å². The van der Waals surface area contributed by atoms with Crippen LogP contribution in [0.3, 0.4) is 0 Å². The first-order valence-corrected chi connectivity index (χ1v) is 19.6. The minimum absolute atomic E-state index is 0.0151. The molecule has 1 aliphatic carbocycles. The van der Waals surface area contributed by atoms with Gasteiger partial charge in [0.05, 0.1) is 16.6 Å². The van der Waals surface area contributed by atoms with Crippen LogP contribution in [-0.4, -0.2) is 4.40 Å². The summed E-state index contributed by atoms with van der Waals surface area (Å²) in [6.07, 6.45) is 0. The summed E-state index contributed by atoms with van der Waals surface area (Å²) < 4.78 is 2.54. The average molecular weight is 694 g/mol. The van der Waals surface area contributed by atoms with Gasteiger partial charge in [-0.15, -0.1) is 0 Å². The summed E-state index contributed by atoms with van der Waals surface area (Å²) in [5.41, 5.74) is 17.2. The molecule has 1 aliphatic rings. The van der Waals surface area contributed by atoms with Gasteiger partial charge < -0.3 is 4.40 Å². The number of aromatic nitrogens is 1. The zero-order valence-corrected chi connectivity index (χ0v) is 31.9. The first-order chi connectivity index (χ1) is 26.1. The predicted molar refractivity (Wildman–Crippen MR) is 233 cm³/mol. The molecule has 0 atom stereocenters. The van der Waals surface area contributed by atoms with Crippen LogP contribution in [0.4, 0.5) is 0 Å². The van der Waals surface area contributed by atoms with Gasteiger partial charge in [0.15, 0.2) is 0 Å². The minimum atomic E-state index is -0.0151. The Balaban J connectivity index is 1.11. The van der Waals surface area contributed by atoms with E-state index in [1.54, 1.807) is 0 Å². The van der Waals surface area contributed by atoms with Gasteiger partial charge >= 0.3 is 0 Å². The summed E-state index contributed by atoms with van der Waals surface area (Å²) in [5, 5.41) is 10.5. The molecule has 8 aromatic carbocycles. The standard InChI is InChI=1S/C53H43N/c1-30(2)34-15-17-37-28-50-44(23-39(37)21-34)46-25-41(26-47-45-24-40-22-35(31(3)4)16-18-38(40)29-51(45)54(50)52(46)47)33-13-11-32(12-14-33)36-19-20-43-42-9-7-8-10-48(42)53(5,6)49(43)27-36/h7-31H,1-6H3. The molecule has 0 saturated carbocycles. The fourth-order valence-corrected chi connectivity index (χ4v) is 9.69. The highest BCUT2D eigenvalue weighted by Crippen LogP contribution is 2.50. The van der Waals surface area contributed by atoms with E-state index >= 15 is 0 Å². The van der Waals surface area contributed by atoms with Crippen molar-refractivity contribution in [1.29, 1.82) is 0 Å². The van der Waals surface area contributed by atoms with Gasteiger partial charge in [0.25, 0.3) is 0 Å². The molecule has 1 nitrogen and oxygen atoms in total. The highest BCUT2D eigenvalue weighted by Gasteiger charge is 2.35. The Kier molecular flexibility index (Phi) is 6.47. The van der Waals surface area contributed by atoms with Crippen LogP contribution in [0.5, 0.6) is 0 Å². The third-order valence-electron chi connectivity index (χ3n) is 12.8. The van der Waals surface area contributed by atoms with Gasteiger partial charge in [-0.05, 0) is 131 Å². The van der Waals surface area contributed by atoms with E-state index in [-0.39, 0.29) is 5.41 Å². The molecule has 0 bridgehead atoms. The summed E-state index contributed by atoms with van der Waals surface area (Å²) in [5.74, 6) is 0.977. The fourth-order valence-electron chi connectivity index (χ4n) is 9.69. The number of hydrogen-bond acceptors (Lipinski definition) is 0. The van der Waals surface area contributed by atoms with Crippen molar-refractivity contribution in [2.75, 3.05) is 0 Å². The van der Waals surface area contributed by atoms with Crippen molar-refractivity contribution in [3.63, 3.8) is 0 Å². The molecule has 2 heterocycles. The molecule has 260 valence electrons. The third-order valence-corrected chi connectivity index (χ3v) is 12.8. The van der Waals surface area contributed by atoms with Gasteiger partial charge in [0, 0.05) is 27.0 Å². The van der Waals surface area contributed by atoms with Crippen molar-refractivity contribution in [3.05, 3.63) is 162 Å². The second kappa shape index (κ2) is 11.1. The van der Waals surface area contributed by atoms with Gasteiger partial charge in [0.2, 0.25) is 0 Å². The maximum atomic E-state index is 2.54. The van der Waals surface area contributed by atoms with E-state index in [9.17, 15) is 0 Å². The molecule has 0 amide bonds. The first kappa shape index (κ1) is 31.6. The maximum Gasteiger partial charge on any atom is 0.0620 e. The van der Waals surface area contributed by atoms with Crippen LogP contribution in [-0.2, 0) is 5.41 Å². The number of hydrogen-bond donors (Lipinski definition) is 0. The number of benzene rings is 8. The topological polar surface area (TPSA) is 4.41 Å². The molecule has 54 heavy (non-hydrogen) atoms. The molecule has 1 heteroatoms. The van der Waals surface area contributed by atoms with Crippen molar-refractivity contribution in [2.24, 2.45) is 0 Å². The summed E-state index contributed by atoms with van der Waals surface area (Å²) in [7, 11) is 0. The maximum absolute atomic E-state index is 2.54. The number of nitrogens with zero attached hydrogens (tertiary/aromatic N) is 1. The first-order valence-electron chi connectivity index (χ1n) is 19.6. The van der Waals surface area contributed by atoms with E-state index in [4.69, 9.17) is 0 Å². The highest BCUT2D eigenvalue weighted by atomic mass is 14.9. The van der Waals surface area contributed by atoms with E-state index in [0.717, 1.165) is 0 Å². The van der Waals surface area contributed by atoms with E-state index in [1.165, 1.54) is 115 Å². The Morgan fingerprint density at radius 2 is 0.926 bits per heavy atom. The second-order valence-corrected chi connectivity index (χ2v) is 17.0. The molecule has 0 spiro atoms. The van der Waals surface area contributed by atoms with E-state index in [0.29, 0.717) is 11.8 Å². The predicted octanol–water partition coefficient (Wildman–Crippen LogP) is 15.0. The Bertz CT molecular complexity index is 3030. The van der Waals surface area contributed by atoms with Crippen molar-refractivity contribution < 1.29 is 0 Å². The number of rotatable bonds is 4. The Labute approximate surface area is 316 Å². The third kappa shape index (κ3) is 4.39. The summed E-state index contributed by atoms with van der Waals surface area (Å²) in [6, 6.07) is 53.9. The molecular weight excluding hydrogens is 651 g/mol. The largest absolute Gasteiger partial charge is 0.308 e. The molecule has 0 radical (unpaired) electrons. The quantitative estimate of drug-likeness (QED) is 0.173. The van der Waals surface area contributed by atoms with Crippen molar-refractivity contribution in [2.45, 2.75) is 58.8 Å². The van der Waals surface area contributed by atoms with Crippen molar-refractivity contribution >= 4 is 59.6 Å². The lowest BCUT2D eigenvalue weighted by Gasteiger charge is -2.22. The SMILES string of the molecule is CC(C)c1ccc2cc3c(cc2c1)c1cc(-c2ccc(-c4ccc5c(c4)C(C)(C)c4ccccc4-5)cc2)cc2c4cc5cc(C(C)C)ccc5cc4n3c12. The van der Waals surface area contributed by atoms with Crippen LogP contribution in [0, 0.1) is 0 Å². The van der Waals surface area contributed by atoms with Gasteiger partial charge in [-0.3, -0.25) is 0 Å². The minimum Gasteiger partial charge on any atom is -0.308 e. The monoisotopic (exact) mass is 693 g/mol. The molecule has 11 rings (SSSR count). The highest BCUT2D eigenvalue weighted by molar-refractivity contribution is 6.27. The number of fused-ring (bicyclic) bond motifs is 11. The van der Waals surface area contributed by atoms with E-state index in [1.807, 2.05) is 0 Å². The lowest BCUT2D eigenvalue weighted by molar-refractivity contribution is 0.660. The normalized spacial score (nSPS) is 13.9. The van der Waals surface area contributed by atoms with Gasteiger partial charge in [-0.25, -0.2) is 0 Å². The van der Waals surface area contributed by atoms with Gasteiger partial charge in [0.1, 0.15) is 0 Å². The van der Waals surface area contributed by atoms with Gasteiger partial charge in [-0.1, -0.05) is 139 Å².